The first-order valence-corrected chi connectivity index (χ1v) is 13.9. The minimum absolute atomic E-state index is 0.00138. The number of nitrogens with zero attached hydrogens (tertiary/aromatic N) is 2. The minimum atomic E-state index is -0.752. The number of hydrogen-bond donors (Lipinski definition) is 2. The second kappa shape index (κ2) is 12.5. The van der Waals surface area contributed by atoms with Crippen LogP contribution in [-0.2, 0) is 17.8 Å². The molecule has 0 radical (unpaired) electrons. The molecule has 2 aromatic carbocycles. The van der Waals surface area contributed by atoms with Gasteiger partial charge in [0, 0.05) is 52.8 Å². The van der Waals surface area contributed by atoms with Gasteiger partial charge in [-0.3, -0.25) is 9.69 Å². The number of halogens is 2. The molecule has 0 spiro atoms. The second-order valence-electron chi connectivity index (χ2n) is 10.1. The smallest absolute Gasteiger partial charge is 0.229 e. The zero-order chi connectivity index (χ0) is 26.5. The number of aromatic nitrogens is 1. The molecule has 1 unspecified atom stereocenters. The lowest BCUT2D eigenvalue weighted by Gasteiger charge is -2.43. The standard InChI is InChI=1S/C29H37Cl2N3O3/c1-4-5-13-37-26-8-6-7-24-28(26)21(17-32-24)9-11-34-12-10-25(27(19(2)35)29(34)36)33(3)18-20-14-22(30)16-23(31)15-20/h6-8,14-17,19,25,27,32,35H,4-5,9-13,18H2,1-3H3/t19?,25-,27-/m0/s1. The summed E-state index contributed by atoms with van der Waals surface area (Å²) in [6.45, 7) is 6.39. The number of hydrogen-bond acceptors (Lipinski definition) is 4. The molecule has 2 heterocycles. The van der Waals surface area contributed by atoms with Crippen molar-refractivity contribution in [3.8, 4) is 5.75 Å². The van der Waals surface area contributed by atoms with Gasteiger partial charge in [-0.2, -0.15) is 0 Å². The molecule has 37 heavy (non-hydrogen) atoms. The number of fused-ring (bicyclic) bond motifs is 1. The molecule has 1 amide bonds. The monoisotopic (exact) mass is 545 g/mol. The number of carbonyl (C=O) groups is 1. The SMILES string of the molecule is CCCCOc1cccc2[nH]cc(CCN3CC[C@H](N(C)Cc4cc(Cl)cc(Cl)c4)[C@H](C(C)O)C3=O)c12. The number of rotatable bonds is 11. The summed E-state index contributed by atoms with van der Waals surface area (Å²) in [6.07, 6.45) is 4.86. The molecule has 200 valence electrons. The molecule has 1 saturated heterocycles. The van der Waals surface area contributed by atoms with E-state index in [4.69, 9.17) is 27.9 Å². The molecule has 0 saturated carbocycles. The van der Waals surface area contributed by atoms with E-state index in [1.165, 1.54) is 0 Å². The van der Waals surface area contributed by atoms with Crippen LogP contribution in [0.2, 0.25) is 10.0 Å². The number of ether oxygens (including phenoxy) is 1. The molecule has 1 fully saturated rings. The third kappa shape index (κ3) is 6.61. The van der Waals surface area contributed by atoms with Crippen LogP contribution in [0.3, 0.4) is 0 Å². The molecule has 1 aliphatic heterocycles. The van der Waals surface area contributed by atoms with Crippen molar-refractivity contribution in [3.63, 3.8) is 0 Å². The summed E-state index contributed by atoms with van der Waals surface area (Å²) in [7, 11) is 1.99. The van der Waals surface area contributed by atoms with E-state index in [9.17, 15) is 9.90 Å². The van der Waals surface area contributed by atoms with Crippen LogP contribution in [-0.4, -0.2) is 64.7 Å². The number of carbonyl (C=O) groups excluding carboxylic acids is 1. The third-order valence-corrected chi connectivity index (χ3v) is 7.74. The molecule has 1 aliphatic rings. The molecule has 0 aliphatic carbocycles. The molecule has 3 aromatic rings. The Balaban J connectivity index is 1.44. The van der Waals surface area contributed by atoms with Crippen LogP contribution in [0.25, 0.3) is 10.9 Å². The van der Waals surface area contributed by atoms with E-state index in [1.54, 1.807) is 13.0 Å². The molecule has 0 bridgehead atoms. The van der Waals surface area contributed by atoms with Crippen molar-refractivity contribution in [1.29, 1.82) is 0 Å². The predicted molar refractivity (Wildman–Crippen MR) is 150 cm³/mol. The average Bonchev–Trinajstić information content (AvgIpc) is 3.26. The number of piperidine rings is 1. The largest absolute Gasteiger partial charge is 0.493 e. The van der Waals surface area contributed by atoms with Gasteiger partial charge in [-0.05, 0) is 74.7 Å². The van der Waals surface area contributed by atoms with Gasteiger partial charge in [0.15, 0.2) is 0 Å². The Kier molecular flexibility index (Phi) is 9.41. The van der Waals surface area contributed by atoms with Crippen LogP contribution in [0.15, 0.2) is 42.6 Å². The fourth-order valence-corrected chi connectivity index (χ4v) is 6.00. The van der Waals surface area contributed by atoms with Gasteiger partial charge in [0.05, 0.1) is 18.6 Å². The van der Waals surface area contributed by atoms with Gasteiger partial charge in [-0.25, -0.2) is 0 Å². The number of nitrogens with one attached hydrogen (secondary N) is 1. The lowest BCUT2D eigenvalue weighted by Crippen LogP contribution is -2.56. The van der Waals surface area contributed by atoms with Crippen molar-refractivity contribution < 1.29 is 14.6 Å². The van der Waals surface area contributed by atoms with Crippen LogP contribution < -0.4 is 4.74 Å². The van der Waals surface area contributed by atoms with Gasteiger partial charge in [0.25, 0.3) is 0 Å². The van der Waals surface area contributed by atoms with E-state index in [0.717, 1.165) is 47.0 Å². The number of aromatic amines is 1. The maximum atomic E-state index is 13.6. The summed E-state index contributed by atoms with van der Waals surface area (Å²) in [4.78, 5) is 21.0. The quantitative estimate of drug-likeness (QED) is 0.293. The molecule has 8 heteroatoms. The summed E-state index contributed by atoms with van der Waals surface area (Å²) in [5, 5.41) is 12.9. The Morgan fingerprint density at radius 2 is 2.00 bits per heavy atom. The highest BCUT2D eigenvalue weighted by Gasteiger charge is 2.41. The molecular weight excluding hydrogens is 509 g/mol. The van der Waals surface area contributed by atoms with Crippen molar-refractivity contribution in [2.45, 2.75) is 58.2 Å². The topological polar surface area (TPSA) is 68.8 Å². The van der Waals surface area contributed by atoms with E-state index in [2.05, 4.69) is 22.9 Å². The summed E-state index contributed by atoms with van der Waals surface area (Å²) in [6, 6.07) is 11.5. The number of aliphatic hydroxyl groups excluding tert-OH is 1. The highest BCUT2D eigenvalue weighted by molar-refractivity contribution is 6.34. The Bertz CT molecular complexity index is 1190. The normalized spacial score (nSPS) is 19.1. The van der Waals surface area contributed by atoms with Crippen molar-refractivity contribution >= 4 is 40.0 Å². The van der Waals surface area contributed by atoms with Crippen molar-refractivity contribution in [2.24, 2.45) is 5.92 Å². The summed E-state index contributed by atoms with van der Waals surface area (Å²) in [5.41, 5.74) is 3.16. The summed E-state index contributed by atoms with van der Waals surface area (Å²) in [5.74, 6) is 0.391. The highest BCUT2D eigenvalue weighted by Crippen LogP contribution is 2.31. The van der Waals surface area contributed by atoms with Crippen LogP contribution in [0.1, 0.15) is 44.2 Å². The molecule has 1 aromatic heterocycles. The average molecular weight is 547 g/mol. The number of H-pyrrole nitrogens is 1. The van der Waals surface area contributed by atoms with Gasteiger partial charge >= 0.3 is 0 Å². The van der Waals surface area contributed by atoms with Crippen LogP contribution >= 0.6 is 23.2 Å². The molecular formula is C29H37Cl2N3O3. The Morgan fingerprint density at radius 1 is 1.24 bits per heavy atom. The number of aliphatic hydroxyl groups is 1. The van der Waals surface area contributed by atoms with Crippen molar-refractivity contribution in [3.05, 3.63) is 63.8 Å². The first-order valence-electron chi connectivity index (χ1n) is 13.1. The molecule has 3 atom stereocenters. The first-order chi connectivity index (χ1) is 17.8. The number of amides is 1. The molecule has 4 rings (SSSR count). The lowest BCUT2D eigenvalue weighted by molar-refractivity contribution is -0.147. The highest BCUT2D eigenvalue weighted by atomic mass is 35.5. The molecule has 2 N–H and O–H groups in total. The molecule has 6 nitrogen and oxygen atoms in total. The zero-order valence-electron chi connectivity index (χ0n) is 21.8. The van der Waals surface area contributed by atoms with Crippen LogP contribution in [0.5, 0.6) is 5.75 Å². The van der Waals surface area contributed by atoms with Gasteiger partial charge in [-0.15, -0.1) is 0 Å². The Hall–Kier alpha value is -2.25. The van der Waals surface area contributed by atoms with E-state index in [-0.39, 0.29) is 11.9 Å². The lowest BCUT2D eigenvalue weighted by atomic mass is 9.85. The van der Waals surface area contributed by atoms with E-state index in [0.29, 0.717) is 42.7 Å². The zero-order valence-corrected chi connectivity index (χ0v) is 23.4. The maximum Gasteiger partial charge on any atom is 0.229 e. The van der Waals surface area contributed by atoms with Gasteiger partial charge in [0.1, 0.15) is 5.75 Å². The van der Waals surface area contributed by atoms with Gasteiger partial charge < -0.3 is 19.7 Å². The van der Waals surface area contributed by atoms with E-state index < -0.39 is 12.0 Å². The third-order valence-electron chi connectivity index (χ3n) is 7.30. The summed E-state index contributed by atoms with van der Waals surface area (Å²) >= 11 is 12.4. The van der Waals surface area contributed by atoms with E-state index >= 15 is 0 Å². The summed E-state index contributed by atoms with van der Waals surface area (Å²) < 4.78 is 6.07. The minimum Gasteiger partial charge on any atom is -0.493 e. The Labute approximate surface area is 229 Å². The van der Waals surface area contributed by atoms with Crippen LogP contribution in [0.4, 0.5) is 0 Å². The van der Waals surface area contributed by atoms with Gasteiger partial charge in [0.2, 0.25) is 5.91 Å². The number of unbranched alkanes of at least 4 members (excludes halogenated alkanes) is 1. The van der Waals surface area contributed by atoms with Gasteiger partial charge in [-0.1, -0.05) is 42.6 Å². The number of likely N-dealkylation sites (tertiary alicyclic amines) is 1. The van der Waals surface area contributed by atoms with Crippen molar-refractivity contribution in [1.82, 2.24) is 14.8 Å². The fraction of sp³-hybridized carbons (Fsp3) is 0.483. The predicted octanol–water partition coefficient (Wildman–Crippen LogP) is 5.93. The number of benzene rings is 2. The fourth-order valence-electron chi connectivity index (χ4n) is 5.42. The first kappa shape index (κ1) is 27.8. The Morgan fingerprint density at radius 3 is 2.70 bits per heavy atom. The van der Waals surface area contributed by atoms with Crippen molar-refractivity contribution in [2.75, 3.05) is 26.7 Å². The maximum absolute atomic E-state index is 13.6. The van der Waals surface area contributed by atoms with E-state index in [1.807, 2.05) is 42.4 Å². The second-order valence-corrected chi connectivity index (χ2v) is 11.0. The van der Waals surface area contributed by atoms with Crippen LogP contribution in [0, 0.1) is 5.92 Å².